The molecule has 2 fully saturated rings. The molecule has 6 heteroatoms. The third kappa shape index (κ3) is 4.33. The van der Waals surface area contributed by atoms with Gasteiger partial charge in [-0.25, -0.2) is 0 Å². The number of carbonyl (C=O) groups excluding carboxylic acids is 1. The predicted octanol–water partition coefficient (Wildman–Crippen LogP) is 2.72. The molecule has 1 amide bonds. The fourth-order valence-corrected chi connectivity index (χ4v) is 4.24. The van der Waals surface area contributed by atoms with Crippen molar-refractivity contribution in [3.05, 3.63) is 29.3 Å². The van der Waals surface area contributed by atoms with Crippen LogP contribution in [-0.2, 0) is 14.9 Å². The summed E-state index contributed by atoms with van der Waals surface area (Å²) in [6.07, 6.45) is 4.65. The van der Waals surface area contributed by atoms with E-state index in [1.165, 1.54) is 11.1 Å². The summed E-state index contributed by atoms with van der Waals surface area (Å²) in [5.74, 6) is 0.943. The van der Waals surface area contributed by atoms with Gasteiger partial charge in [0.15, 0.2) is 0 Å². The number of methoxy groups -OCH3 is 1. The van der Waals surface area contributed by atoms with E-state index in [1.807, 2.05) is 6.07 Å². The van der Waals surface area contributed by atoms with Gasteiger partial charge in [0.25, 0.3) is 0 Å². The van der Waals surface area contributed by atoms with Gasteiger partial charge in [0.2, 0.25) is 5.91 Å². The highest BCUT2D eigenvalue weighted by molar-refractivity contribution is 5.85. The highest BCUT2D eigenvalue weighted by atomic mass is 35.5. The molecule has 2 aliphatic rings. The molecular weight excluding hydrogens is 352 g/mol. The van der Waals surface area contributed by atoms with Crippen LogP contribution >= 0.6 is 12.4 Å². The van der Waals surface area contributed by atoms with E-state index in [0.717, 1.165) is 37.9 Å². The maximum Gasteiger partial charge on any atom is 0.224 e. The van der Waals surface area contributed by atoms with E-state index < -0.39 is 0 Å². The van der Waals surface area contributed by atoms with Gasteiger partial charge in [-0.05, 0) is 38.7 Å². The molecule has 0 radical (unpaired) electrons. The predicted molar refractivity (Wildman–Crippen MR) is 105 cm³/mol. The summed E-state index contributed by atoms with van der Waals surface area (Å²) in [7, 11) is 1.71. The zero-order chi connectivity index (χ0) is 17.9. The lowest BCUT2D eigenvalue weighted by molar-refractivity contribution is -0.125. The number of carbonyl (C=O) groups is 1. The summed E-state index contributed by atoms with van der Waals surface area (Å²) in [4.78, 5) is 12.6. The molecule has 0 aromatic heterocycles. The SMILES string of the molecule is COc1ccc(C)cc1C1(CNC(=O)C2CCCC2N)CCOCC1.Cl. The number of nitrogens with two attached hydrogens (primary N) is 1. The topological polar surface area (TPSA) is 73.6 Å². The van der Waals surface area contributed by atoms with Crippen LogP contribution in [-0.4, -0.2) is 38.8 Å². The Morgan fingerprint density at radius 1 is 1.35 bits per heavy atom. The number of benzene rings is 1. The molecule has 3 N–H and O–H groups in total. The van der Waals surface area contributed by atoms with Crippen LogP contribution in [0.15, 0.2) is 18.2 Å². The van der Waals surface area contributed by atoms with Crippen molar-refractivity contribution >= 4 is 18.3 Å². The first-order valence-electron chi connectivity index (χ1n) is 9.32. The second kappa shape index (κ2) is 9.07. The largest absolute Gasteiger partial charge is 0.496 e. The molecule has 1 aliphatic carbocycles. The minimum Gasteiger partial charge on any atom is -0.496 e. The molecule has 0 spiro atoms. The maximum absolute atomic E-state index is 12.6. The van der Waals surface area contributed by atoms with Gasteiger partial charge >= 0.3 is 0 Å². The summed E-state index contributed by atoms with van der Waals surface area (Å²) >= 11 is 0. The fraction of sp³-hybridized carbons (Fsp3) is 0.650. The van der Waals surface area contributed by atoms with E-state index >= 15 is 0 Å². The number of halogens is 1. The smallest absolute Gasteiger partial charge is 0.224 e. The Bertz CT molecular complexity index is 617. The monoisotopic (exact) mass is 382 g/mol. The first kappa shape index (κ1) is 21.0. The highest BCUT2D eigenvalue weighted by Crippen LogP contribution is 2.40. The number of nitrogens with one attached hydrogen (secondary N) is 1. The Morgan fingerprint density at radius 2 is 2.08 bits per heavy atom. The van der Waals surface area contributed by atoms with Crippen LogP contribution < -0.4 is 15.8 Å². The summed E-state index contributed by atoms with van der Waals surface area (Å²) in [6.45, 7) is 4.11. The van der Waals surface area contributed by atoms with E-state index in [2.05, 4.69) is 24.4 Å². The van der Waals surface area contributed by atoms with E-state index in [0.29, 0.717) is 19.8 Å². The third-order valence-electron chi connectivity index (χ3n) is 5.88. The Morgan fingerprint density at radius 3 is 2.69 bits per heavy atom. The van der Waals surface area contributed by atoms with Crippen molar-refractivity contribution in [2.24, 2.45) is 11.7 Å². The quantitative estimate of drug-likeness (QED) is 0.821. The summed E-state index contributed by atoms with van der Waals surface area (Å²) in [5.41, 5.74) is 8.33. The molecule has 1 aromatic rings. The number of hydrogen-bond acceptors (Lipinski definition) is 4. The number of rotatable bonds is 5. The van der Waals surface area contributed by atoms with E-state index in [4.69, 9.17) is 15.2 Å². The number of hydrogen-bond donors (Lipinski definition) is 2. The molecular formula is C20H31ClN2O3. The minimum atomic E-state index is -0.145. The van der Waals surface area contributed by atoms with Crippen LogP contribution in [0.3, 0.4) is 0 Å². The van der Waals surface area contributed by atoms with E-state index in [-0.39, 0.29) is 35.7 Å². The van der Waals surface area contributed by atoms with Gasteiger partial charge in [-0.1, -0.05) is 24.1 Å². The molecule has 146 valence electrons. The van der Waals surface area contributed by atoms with Crippen molar-refractivity contribution < 1.29 is 14.3 Å². The number of ether oxygens (including phenoxy) is 2. The average molecular weight is 383 g/mol. The third-order valence-corrected chi connectivity index (χ3v) is 5.88. The van der Waals surface area contributed by atoms with Gasteiger partial charge in [0.05, 0.1) is 13.0 Å². The number of amides is 1. The molecule has 1 saturated heterocycles. The van der Waals surface area contributed by atoms with Crippen molar-refractivity contribution in [2.45, 2.75) is 50.5 Å². The van der Waals surface area contributed by atoms with Gasteiger partial charge in [0.1, 0.15) is 5.75 Å². The molecule has 1 aromatic carbocycles. The van der Waals surface area contributed by atoms with Gasteiger partial charge in [0, 0.05) is 36.8 Å². The summed E-state index contributed by atoms with van der Waals surface area (Å²) in [5, 5.41) is 3.20. The molecule has 2 unspecified atom stereocenters. The minimum absolute atomic E-state index is 0. The van der Waals surface area contributed by atoms with Crippen molar-refractivity contribution in [1.82, 2.24) is 5.32 Å². The molecule has 5 nitrogen and oxygen atoms in total. The van der Waals surface area contributed by atoms with Crippen LogP contribution in [0.1, 0.15) is 43.2 Å². The van der Waals surface area contributed by atoms with Crippen LogP contribution in [0.5, 0.6) is 5.75 Å². The first-order chi connectivity index (χ1) is 12.1. The fourth-order valence-electron chi connectivity index (χ4n) is 4.24. The zero-order valence-electron chi connectivity index (χ0n) is 15.8. The van der Waals surface area contributed by atoms with Crippen molar-refractivity contribution in [1.29, 1.82) is 0 Å². The molecule has 1 saturated carbocycles. The van der Waals surface area contributed by atoms with Crippen molar-refractivity contribution in [3.63, 3.8) is 0 Å². The highest BCUT2D eigenvalue weighted by Gasteiger charge is 2.38. The summed E-state index contributed by atoms with van der Waals surface area (Å²) in [6, 6.07) is 6.28. The van der Waals surface area contributed by atoms with Crippen LogP contribution in [0.2, 0.25) is 0 Å². The Hall–Kier alpha value is -1.30. The van der Waals surface area contributed by atoms with E-state index in [1.54, 1.807) is 7.11 Å². The average Bonchev–Trinajstić information content (AvgIpc) is 3.06. The van der Waals surface area contributed by atoms with Gasteiger partial charge < -0.3 is 20.5 Å². The Balaban J connectivity index is 0.00000243. The Kier molecular flexibility index (Phi) is 7.33. The van der Waals surface area contributed by atoms with Crippen LogP contribution in [0.4, 0.5) is 0 Å². The van der Waals surface area contributed by atoms with Crippen molar-refractivity contribution in [3.8, 4) is 5.75 Å². The normalized spacial score (nSPS) is 24.6. The standard InChI is InChI=1S/C20H30N2O3.ClH/c1-14-6-7-18(24-2)16(12-14)20(8-10-25-11-9-20)13-22-19(23)15-4-3-5-17(15)21;/h6-7,12,15,17H,3-5,8-11,13,21H2,1-2H3,(H,22,23);1H. The van der Waals surface area contributed by atoms with Crippen LogP contribution in [0.25, 0.3) is 0 Å². The molecule has 3 rings (SSSR count). The van der Waals surface area contributed by atoms with Crippen LogP contribution in [0, 0.1) is 12.8 Å². The van der Waals surface area contributed by atoms with Gasteiger partial charge in [-0.3, -0.25) is 4.79 Å². The second-order valence-corrected chi connectivity index (χ2v) is 7.52. The summed E-state index contributed by atoms with van der Waals surface area (Å²) < 4.78 is 11.2. The van der Waals surface area contributed by atoms with E-state index in [9.17, 15) is 4.79 Å². The van der Waals surface area contributed by atoms with Gasteiger partial charge in [-0.15, -0.1) is 12.4 Å². The molecule has 1 heterocycles. The first-order valence-corrected chi connectivity index (χ1v) is 9.32. The number of aryl methyl sites for hydroxylation is 1. The lowest BCUT2D eigenvalue weighted by atomic mass is 9.73. The molecule has 2 atom stereocenters. The lowest BCUT2D eigenvalue weighted by Gasteiger charge is -2.39. The Labute approximate surface area is 162 Å². The molecule has 1 aliphatic heterocycles. The molecule has 0 bridgehead atoms. The zero-order valence-corrected chi connectivity index (χ0v) is 16.6. The van der Waals surface area contributed by atoms with Crippen molar-refractivity contribution in [2.75, 3.05) is 26.9 Å². The lowest BCUT2D eigenvalue weighted by Crippen LogP contribution is -2.47. The van der Waals surface area contributed by atoms with Gasteiger partial charge in [-0.2, -0.15) is 0 Å². The second-order valence-electron chi connectivity index (χ2n) is 7.52. The maximum atomic E-state index is 12.6. The molecule has 26 heavy (non-hydrogen) atoms.